The Labute approximate surface area is 83.1 Å². The maximum Gasteiger partial charge on any atom is 0.573 e. The quantitative estimate of drug-likeness (QED) is 0.777. The fraction of sp³-hybridized carbons (Fsp3) is 0.250. The van der Waals surface area contributed by atoms with E-state index in [0.717, 1.165) is 6.07 Å². The van der Waals surface area contributed by atoms with E-state index in [1.165, 1.54) is 6.92 Å². The van der Waals surface area contributed by atoms with Gasteiger partial charge in [-0.25, -0.2) is 4.98 Å². The van der Waals surface area contributed by atoms with E-state index in [0.29, 0.717) is 0 Å². The van der Waals surface area contributed by atoms with Gasteiger partial charge in [-0.1, -0.05) is 0 Å². The minimum atomic E-state index is -4.81. The molecule has 0 fully saturated rings. The van der Waals surface area contributed by atoms with Crippen LogP contribution in [0.2, 0.25) is 0 Å². The average Bonchev–Trinajstić information content (AvgIpc) is 2.10. The van der Waals surface area contributed by atoms with Gasteiger partial charge in [-0.15, -0.1) is 13.2 Å². The Morgan fingerprint density at radius 2 is 2.13 bits per heavy atom. The lowest BCUT2D eigenvalue weighted by Crippen LogP contribution is -2.18. The number of nitrogen functional groups attached to an aromatic ring is 1. The number of hydrogen-bond donors (Lipinski definition) is 1. The molecule has 0 spiro atoms. The number of halogens is 3. The Hall–Kier alpha value is -1.97. The van der Waals surface area contributed by atoms with Gasteiger partial charge in [0.1, 0.15) is 23.3 Å². The number of nitrogens with zero attached hydrogens (tertiary/aromatic N) is 2. The molecule has 1 heterocycles. The predicted octanol–water partition coefficient (Wildman–Crippen LogP) is 1.74. The minimum absolute atomic E-state index is 0.0475. The van der Waals surface area contributed by atoms with E-state index in [4.69, 9.17) is 11.0 Å². The van der Waals surface area contributed by atoms with Crippen molar-refractivity contribution in [3.05, 3.63) is 17.3 Å². The maximum atomic E-state index is 11.9. The first-order valence-electron chi connectivity index (χ1n) is 3.76. The van der Waals surface area contributed by atoms with Crippen LogP contribution in [0.1, 0.15) is 11.3 Å². The van der Waals surface area contributed by atoms with Gasteiger partial charge in [-0.2, -0.15) is 5.26 Å². The SMILES string of the molecule is Cc1c(OC(F)(F)F)cc(C#N)nc1N. The highest BCUT2D eigenvalue weighted by molar-refractivity contribution is 5.51. The minimum Gasteiger partial charge on any atom is -0.405 e. The number of rotatable bonds is 1. The van der Waals surface area contributed by atoms with E-state index >= 15 is 0 Å². The molecule has 0 unspecified atom stereocenters. The number of aromatic nitrogens is 1. The second-order valence-corrected chi connectivity index (χ2v) is 2.68. The molecule has 1 aromatic heterocycles. The van der Waals surface area contributed by atoms with Crippen molar-refractivity contribution in [2.24, 2.45) is 0 Å². The molecule has 2 N–H and O–H groups in total. The van der Waals surface area contributed by atoms with Crippen LogP contribution in [0.25, 0.3) is 0 Å². The Bertz CT molecular complexity index is 422. The zero-order chi connectivity index (χ0) is 11.6. The van der Waals surface area contributed by atoms with Crippen LogP contribution in [0.5, 0.6) is 5.75 Å². The van der Waals surface area contributed by atoms with Crippen molar-refractivity contribution in [2.75, 3.05) is 5.73 Å². The number of pyridine rings is 1. The Morgan fingerprint density at radius 3 is 2.60 bits per heavy atom. The fourth-order valence-electron chi connectivity index (χ4n) is 0.893. The number of nitrogens with two attached hydrogens (primary N) is 1. The van der Waals surface area contributed by atoms with Crippen LogP contribution in [0.4, 0.5) is 19.0 Å². The van der Waals surface area contributed by atoms with Gasteiger partial charge >= 0.3 is 6.36 Å². The van der Waals surface area contributed by atoms with Crippen LogP contribution in [0.3, 0.4) is 0 Å². The van der Waals surface area contributed by atoms with E-state index in [1.54, 1.807) is 6.07 Å². The molecule has 80 valence electrons. The molecule has 1 rings (SSSR count). The van der Waals surface area contributed by atoms with Crippen molar-refractivity contribution in [1.82, 2.24) is 4.98 Å². The highest BCUT2D eigenvalue weighted by Gasteiger charge is 2.32. The average molecular weight is 217 g/mol. The second-order valence-electron chi connectivity index (χ2n) is 2.68. The normalized spacial score (nSPS) is 10.9. The third-order valence-corrected chi connectivity index (χ3v) is 1.60. The van der Waals surface area contributed by atoms with Crippen molar-refractivity contribution in [3.63, 3.8) is 0 Å². The second kappa shape index (κ2) is 3.65. The summed E-state index contributed by atoms with van der Waals surface area (Å²) in [7, 11) is 0. The lowest BCUT2D eigenvalue weighted by Gasteiger charge is -2.12. The predicted molar refractivity (Wildman–Crippen MR) is 44.8 cm³/mol. The summed E-state index contributed by atoms with van der Waals surface area (Å²) in [4.78, 5) is 3.55. The third kappa shape index (κ3) is 2.74. The van der Waals surface area contributed by atoms with Crippen molar-refractivity contribution >= 4 is 5.82 Å². The molecular formula is C8H6F3N3O. The van der Waals surface area contributed by atoms with Crippen molar-refractivity contribution in [3.8, 4) is 11.8 Å². The summed E-state index contributed by atoms with van der Waals surface area (Å²) in [6.07, 6.45) is -4.81. The zero-order valence-electron chi connectivity index (χ0n) is 7.59. The lowest BCUT2D eigenvalue weighted by atomic mass is 10.2. The van der Waals surface area contributed by atoms with E-state index in [1.807, 2.05) is 0 Å². The zero-order valence-corrected chi connectivity index (χ0v) is 7.59. The molecule has 1 aromatic rings. The molecule has 0 saturated carbocycles. The largest absolute Gasteiger partial charge is 0.573 e. The molecule has 0 radical (unpaired) electrons. The van der Waals surface area contributed by atoms with E-state index in [-0.39, 0.29) is 17.1 Å². The van der Waals surface area contributed by atoms with Gasteiger partial charge in [-0.3, -0.25) is 0 Å². The Morgan fingerprint density at radius 1 is 1.53 bits per heavy atom. The molecule has 0 aromatic carbocycles. The van der Waals surface area contributed by atoms with Gasteiger partial charge in [0.15, 0.2) is 0 Å². The molecule has 0 saturated heterocycles. The maximum absolute atomic E-state index is 11.9. The molecule has 0 aliphatic rings. The van der Waals surface area contributed by atoms with Crippen LogP contribution < -0.4 is 10.5 Å². The van der Waals surface area contributed by atoms with E-state index in [9.17, 15) is 13.2 Å². The van der Waals surface area contributed by atoms with Gasteiger partial charge < -0.3 is 10.5 Å². The van der Waals surface area contributed by atoms with Gasteiger partial charge in [0, 0.05) is 11.6 Å². The van der Waals surface area contributed by atoms with Gasteiger partial charge in [-0.05, 0) is 6.92 Å². The summed E-state index contributed by atoms with van der Waals surface area (Å²) in [6, 6.07) is 2.47. The molecule has 7 heteroatoms. The Balaban J connectivity index is 3.18. The van der Waals surface area contributed by atoms with Crippen LogP contribution >= 0.6 is 0 Å². The van der Waals surface area contributed by atoms with Gasteiger partial charge in [0.25, 0.3) is 0 Å². The first-order chi connectivity index (χ1) is 6.83. The number of ether oxygens (including phenoxy) is 1. The number of hydrogen-bond acceptors (Lipinski definition) is 4. The van der Waals surface area contributed by atoms with Crippen LogP contribution in [0.15, 0.2) is 6.07 Å². The van der Waals surface area contributed by atoms with Gasteiger partial charge in [0.05, 0.1) is 0 Å². The summed E-state index contributed by atoms with van der Waals surface area (Å²) in [5.41, 5.74) is 5.13. The van der Waals surface area contributed by atoms with Gasteiger partial charge in [0.2, 0.25) is 0 Å². The first kappa shape index (κ1) is 11.1. The van der Waals surface area contributed by atoms with Crippen LogP contribution in [-0.2, 0) is 0 Å². The summed E-state index contributed by atoms with van der Waals surface area (Å²) in [5, 5.41) is 8.47. The molecule has 0 aliphatic carbocycles. The summed E-state index contributed by atoms with van der Waals surface area (Å²) >= 11 is 0. The number of anilines is 1. The highest BCUT2D eigenvalue weighted by Crippen LogP contribution is 2.28. The molecule has 15 heavy (non-hydrogen) atoms. The molecule has 4 nitrogen and oxygen atoms in total. The summed E-state index contributed by atoms with van der Waals surface area (Å²) < 4.78 is 39.5. The lowest BCUT2D eigenvalue weighted by molar-refractivity contribution is -0.274. The molecule has 0 bridgehead atoms. The standard InChI is InChI=1S/C8H6F3N3O/c1-4-6(15-8(9,10)11)2-5(3-12)14-7(4)13/h2H,1H3,(H2,13,14). The molecule has 0 amide bonds. The topological polar surface area (TPSA) is 71.9 Å². The fourth-order valence-corrected chi connectivity index (χ4v) is 0.893. The van der Waals surface area contributed by atoms with E-state index < -0.39 is 12.1 Å². The van der Waals surface area contributed by atoms with Crippen molar-refractivity contribution in [1.29, 1.82) is 5.26 Å². The van der Waals surface area contributed by atoms with Crippen molar-refractivity contribution in [2.45, 2.75) is 13.3 Å². The molecule has 0 aliphatic heterocycles. The monoisotopic (exact) mass is 217 g/mol. The van der Waals surface area contributed by atoms with Crippen molar-refractivity contribution < 1.29 is 17.9 Å². The van der Waals surface area contributed by atoms with Crippen LogP contribution in [0, 0.1) is 18.3 Å². The summed E-state index contributed by atoms with van der Waals surface area (Å²) in [5.74, 6) is -0.667. The highest BCUT2D eigenvalue weighted by atomic mass is 19.4. The molecule has 0 atom stereocenters. The Kier molecular flexibility index (Phi) is 2.70. The summed E-state index contributed by atoms with van der Waals surface area (Å²) in [6.45, 7) is 1.32. The smallest absolute Gasteiger partial charge is 0.405 e. The molecular weight excluding hydrogens is 211 g/mol. The number of alkyl halides is 3. The number of nitriles is 1. The van der Waals surface area contributed by atoms with E-state index in [2.05, 4.69) is 9.72 Å². The van der Waals surface area contributed by atoms with Crippen LogP contribution in [-0.4, -0.2) is 11.3 Å². The first-order valence-corrected chi connectivity index (χ1v) is 3.76. The third-order valence-electron chi connectivity index (χ3n) is 1.60.